The lowest BCUT2D eigenvalue weighted by Crippen LogP contribution is -2.47. The van der Waals surface area contributed by atoms with Crippen LogP contribution in [0.4, 0.5) is 4.39 Å². The highest BCUT2D eigenvalue weighted by Gasteiger charge is 1.96. The third kappa shape index (κ3) is 3.67. The molecule has 0 bridgehead atoms. The van der Waals surface area contributed by atoms with E-state index in [0.717, 1.165) is 0 Å². The minimum atomic E-state index is -0.400. The molecular formula is C7H11FN+. The summed E-state index contributed by atoms with van der Waals surface area (Å²) in [6.07, 6.45) is 1.30. The number of quaternary nitrogens is 1. The molecule has 0 aliphatic rings. The van der Waals surface area contributed by atoms with E-state index in [1.165, 1.54) is 6.08 Å². The first-order chi connectivity index (χ1) is 4.04. The molecule has 0 fully saturated rings. The molecule has 0 unspecified atom stereocenters. The van der Waals surface area contributed by atoms with Gasteiger partial charge in [-0.15, -0.1) is 0 Å². The Morgan fingerprint density at radius 1 is 1.56 bits per heavy atom. The molecule has 2 heteroatoms. The van der Waals surface area contributed by atoms with Crippen molar-refractivity contribution in [1.82, 2.24) is 0 Å². The minimum Gasteiger partial charge on any atom is -0.323 e. The van der Waals surface area contributed by atoms with Gasteiger partial charge in [-0.05, 0) is 19.6 Å². The Morgan fingerprint density at radius 3 is 2.11 bits per heavy atom. The molecule has 0 aromatic carbocycles. The van der Waals surface area contributed by atoms with E-state index in [4.69, 9.17) is 0 Å². The van der Waals surface area contributed by atoms with E-state index >= 15 is 0 Å². The predicted molar refractivity (Wildman–Crippen MR) is 36.0 cm³/mol. The van der Waals surface area contributed by atoms with Crippen LogP contribution in [0.2, 0.25) is 0 Å². The van der Waals surface area contributed by atoms with Gasteiger partial charge in [0, 0.05) is 0 Å². The number of allylic oxidation sites excluding steroid dienone is 3. The molecule has 0 aromatic heterocycles. The van der Waals surface area contributed by atoms with Crippen molar-refractivity contribution < 1.29 is 10.1 Å². The van der Waals surface area contributed by atoms with Gasteiger partial charge in [0.2, 0.25) is 0 Å². The summed E-state index contributed by atoms with van der Waals surface area (Å²) in [5.74, 6) is -0.400. The van der Waals surface area contributed by atoms with Crippen LogP contribution >= 0.6 is 0 Å². The largest absolute Gasteiger partial charge is 0.323 e. The maximum Gasteiger partial charge on any atom is 0.183 e. The second kappa shape index (κ2) is 3.20. The fraction of sp³-hybridized carbons (Fsp3) is 0.143. The van der Waals surface area contributed by atoms with E-state index in [1.54, 1.807) is 6.92 Å². The zero-order chi connectivity index (χ0) is 7.44. The Bertz CT molecular complexity index is 168. The molecule has 0 aliphatic heterocycles. The standard InChI is InChI=1S/C7H10FN/c1-5(2)4-7(8)6(3)9/h4H,1,3,9H2,2H3/p+1/b7-4+. The fourth-order valence-corrected chi connectivity index (χ4v) is 0.318. The fourth-order valence-electron chi connectivity index (χ4n) is 0.318. The summed E-state index contributed by atoms with van der Waals surface area (Å²) in [5.41, 5.74) is 4.17. The first kappa shape index (κ1) is 8.11. The van der Waals surface area contributed by atoms with E-state index in [2.05, 4.69) is 18.9 Å². The summed E-state index contributed by atoms with van der Waals surface area (Å²) < 4.78 is 12.4. The molecule has 0 spiro atoms. The second-order valence-electron chi connectivity index (χ2n) is 1.94. The molecule has 3 N–H and O–H groups in total. The quantitative estimate of drug-likeness (QED) is 0.541. The minimum absolute atomic E-state index is 0.193. The van der Waals surface area contributed by atoms with Crippen LogP contribution in [0.15, 0.2) is 36.3 Å². The predicted octanol–water partition coefficient (Wildman–Crippen LogP) is 1.17. The van der Waals surface area contributed by atoms with Gasteiger partial charge in [-0.1, -0.05) is 12.2 Å². The van der Waals surface area contributed by atoms with Crippen molar-refractivity contribution in [2.45, 2.75) is 6.92 Å². The summed E-state index contributed by atoms with van der Waals surface area (Å²) >= 11 is 0. The SMILES string of the molecule is C=C(C)/C=C(/F)C(=C)[NH3+]. The molecule has 0 radical (unpaired) electrons. The van der Waals surface area contributed by atoms with Crippen LogP contribution in [0.3, 0.4) is 0 Å². The molecule has 9 heavy (non-hydrogen) atoms. The van der Waals surface area contributed by atoms with Crippen molar-refractivity contribution in [3.05, 3.63) is 36.3 Å². The molecule has 0 saturated carbocycles. The molecular weight excluding hydrogens is 117 g/mol. The first-order valence-corrected chi connectivity index (χ1v) is 2.58. The van der Waals surface area contributed by atoms with Crippen LogP contribution in [0.25, 0.3) is 0 Å². The van der Waals surface area contributed by atoms with Crippen molar-refractivity contribution in [3.8, 4) is 0 Å². The number of halogens is 1. The van der Waals surface area contributed by atoms with Crippen molar-refractivity contribution in [1.29, 1.82) is 0 Å². The van der Waals surface area contributed by atoms with Gasteiger partial charge in [0.15, 0.2) is 11.5 Å². The third-order valence-corrected chi connectivity index (χ3v) is 0.711. The lowest BCUT2D eigenvalue weighted by atomic mass is 10.3. The van der Waals surface area contributed by atoms with Gasteiger partial charge in [-0.3, -0.25) is 0 Å². The van der Waals surface area contributed by atoms with E-state index in [0.29, 0.717) is 5.57 Å². The van der Waals surface area contributed by atoms with E-state index in [1.807, 2.05) is 0 Å². The molecule has 0 atom stereocenters. The van der Waals surface area contributed by atoms with Crippen LogP contribution in [0, 0.1) is 0 Å². The van der Waals surface area contributed by atoms with Gasteiger partial charge in [0.1, 0.15) is 0 Å². The topological polar surface area (TPSA) is 27.6 Å². The second-order valence-corrected chi connectivity index (χ2v) is 1.94. The van der Waals surface area contributed by atoms with Crippen molar-refractivity contribution in [3.63, 3.8) is 0 Å². The highest BCUT2D eigenvalue weighted by Crippen LogP contribution is 2.04. The number of hydrogen-bond donors (Lipinski definition) is 1. The molecule has 0 aromatic rings. The Morgan fingerprint density at radius 2 is 2.00 bits per heavy atom. The van der Waals surface area contributed by atoms with Crippen LogP contribution in [-0.2, 0) is 0 Å². The van der Waals surface area contributed by atoms with Gasteiger partial charge in [-0.25, -0.2) is 4.39 Å². The average molecular weight is 128 g/mol. The van der Waals surface area contributed by atoms with E-state index in [9.17, 15) is 4.39 Å². The molecule has 50 valence electrons. The highest BCUT2D eigenvalue weighted by atomic mass is 19.1. The number of rotatable bonds is 2. The van der Waals surface area contributed by atoms with Crippen molar-refractivity contribution >= 4 is 0 Å². The molecule has 0 heterocycles. The van der Waals surface area contributed by atoms with Crippen molar-refractivity contribution in [2.75, 3.05) is 0 Å². The van der Waals surface area contributed by atoms with Crippen LogP contribution < -0.4 is 5.73 Å². The summed E-state index contributed by atoms with van der Waals surface area (Å²) in [6.45, 7) is 8.52. The van der Waals surface area contributed by atoms with E-state index in [-0.39, 0.29) is 5.70 Å². The average Bonchev–Trinajstić information content (AvgIpc) is 1.63. The van der Waals surface area contributed by atoms with Gasteiger partial charge < -0.3 is 5.73 Å². The van der Waals surface area contributed by atoms with Crippen molar-refractivity contribution in [2.24, 2.45) is 0 Å². The summed E-state index contributed by atoms with van der Waals surface area (Å²) in [6, 6.07) is 0. The summed E-state index contributed by atoms with van der Waals surface area (Å²) in [4.78, 5) is 0. The normalized spacial score (nSPS) is 11.2. The summed E-state index contributed by atoms with van der Waals surface area (Å²) in [5, 5.41) is 0. The van der Waals surface area contributed by atoms with Crippen LogP contribution in [0.5, 0.6) is 0 Å². The lowest BCUT2D eigenvalue weighted by molar-refractivity contribution is -0.299. The molecule has 0 rings (SSSR count). The maximum absolute atomic E-state index is 12.4. The van der Waals surface area contributed by atoms with Gasteiger partial charge in [0.25, 0.3) is 0 Å². The zero-order valence-electron chi connectivity index (χ0n) is 5.58. The van der Waals surface area contributed by atoms with Crippen LogP contribution in [0.1, 0.15) is 6.92 Å². The smallest absolute Gasteiger partial charge is 0.183 e. The van der Waals surface area contributed by atoms with Gasteiger partial charge in [-0.2, -0.15) is 0 Å². The van der Waals surface area contributed by atoms with Crippen LogP contribution in [-0.4, -0.2) is 0 Å². The highest BCUT2D eigenvalue weighted by molar-refractivity contribution is 5.23. The third-order valence-electron chi connectivity index (χ3n) is 0.711. The Hall–Kier alpha value is -0.890. The molecule has 0 aliphatic carbocycles. The summed E-state index contributed by atoms with van der Waals surface area (Å²) in [7, 11) is 0. The molecule has 0 saturated heterocycles. The Kier molecular flexibility index (Phi) is 2.88. The zero-order valence-corrected chi connectivity index (χ0v) is 5.58. The first-order valence-electron chi connectivity index (χ1n) is 2.58. The molecule has 0 amide bonds. The lowest BCUT2D eigenvalue weighted by Gasteiger charge is -1.88. The van der Waals surface area contributed by atoms with Gasteiger partial charge in [0.05, 0.1) is 0 Å². The monoisotopic (exact) mass is 128 g/mol. The Balaban J connectivity index is 4.17. The maximum atomic E-state index is 12.4. The molecule has 1 nitrogen and oxygen atoms in total. The number of hydrogen-bond acceptors (Lipinski definition) is 0. The Labute approximate surface area is 54.4 Å². The van der Waals surface area contributed by atoms with E-state index < -0.39 is 5.83 Å². The van der Waals surface area contributed by atoms with Gasteiger partial charge >= 0.3 is 0 Å².